The third kappa shape index (κ3) is 2.31. The first-order chi connectivity index (χ1) is 8.67. The fourth-order valence-electron chi connectivity index (χ4n) is 2.15. The van der Waals surface area contributed by atoms with Gasteiger partial charge in [0.05, 0.1) is 0 Å². The molecule has 0 spiro atoms. The average molecular weight is 260 g/mol. The first-order valence-corrected chi connectivity index (χ1v) is 6.93. The summed E-state index contributed by atoms with van der Waals surface area (Å²) < 4.78 is 0. The van der Waals surface area contributed by atoms with Gasteiger partial charge in [-0.2, -0.15) is 0 Å². The number of carboxylic acid groups (broad SMARTS) is 1. The lowest BCUT2D eigenvalue weighted by Gasteiger charge is -2.11. The molecule has 3 heteroatoms. The van der Waals surface area contributed by atoms with Crippen LogP contribution < -0.4 is 0 Å². The minimum Gasteiger partial charge on any atom is -0.477 e. The van der Waals surface area contributed by atoms with Gasteiger partial charge in [-0.3, -0.25) is 0 Å². The fraction of sp³-hybridized carbons (Fsp3) is 0.267. The van der Waals surface area contributed by atoms with Gasteiger partial charge < -0.3 is 5.11 Å². The number of hydrogen-bond acceptors (Lipinski definition) is 2. The first-order valence-electron chi connectivity index (χ1n) is 6.11. The van der Waals surface area contributed by atoms with Gasteiger partial charge in [0.15, 0.2) is 0 Å². The van der Waals surface area contributed by atoms with E-state index in [9.17, 15) is 4.79 Å². The third-order valence-corrected chi connectivity index (χ3v) is 4.15. The van der Waals surface area contributed by atoms with Crippen molar-refractivity contribution in [3.8, 4) is 10.4 Å². The molecule has 0 saturated heterocycles. The maximum Gasteiger partial charge on any atom is 0.345 e. The van der Waals surface area contributed by atoms with Gasteiger partial charge in [0.25, 0.3) is 0 Å². The van der Waals surface area contributed by atoms with Gasteiger partial charge in [0.1, 0.15) is 4.88 Å². The number of rotatable bonds is 4. The second-order valence-electron chi connectivity index (χ2n) is 4.13. The molecule has 18 heavy (non-hydrogen) atoms. The lowest BCUT2D eigenvalue weighted by molar-refractivity contribution is 0.0702. The Morgan fingerprint density at radius 1 is 1.11 bits per heavy atom. The van der Waals surface area contributed by atoms with E-state index in [2.05, 4.69) is 32.0 Å². The lowest BCUT2D eigenvalue weighted by Crippen LogP contribution is -1.92. The number of aryl methyl sites for hydroxylation is 2. The second-order valence-corrected chi connectivity index (χ2v) is 5.21. The Hall–Kier alpha value is -1.61. The van der Waals surface area contributed by atoms with E-state index in [0.717, 1.165) is 17.7 Å². The van der Waals surface area contributed by atoms with E-state index in [1.165, 1.54) is 28.0 Å². The predicted octanol–water partition coefficient (Wildman–Crippen LogP) is 4.24. The van der Waals surface area contributed by atoms with Crippen LogP contribution in [0.2, 0.25) is 0 Å². The summed E-state index contributed by atoms with van der Waals surface area (Å²) in [6, 6.07) is 9.92. The molecule has 1 heterocycles. The van der Waals surface area contributed by atoms with Crippen molar-refractivity contribution in [2.75, 3.05) is 0 Å². The van der Waals surface area contributed by atoms with E-state index in [-0.39, 0.29) is 0 Å². The quantitative estimate of drug-likeness (QED) is 0.892. The van der Waals surface area contributed by atoms with E-state index in [1.54, 1.807) is 6.07 Å². The molecule has 0 aliphatic rings. The zero-order valence-electron chi connectivity index (χ0n) is 10.6. The molecule has 2 rings (SSSR count). The highest BCUT2D eigenvalue weighted by Crippen LogP contribution is 2.34. The van der Waals surface area contributed by atoms with Crippen LogP contribution in [-0.4, -0.2) is 11.1 Å². The maximum absolute atomic E-state index is 11.0. The van der Waals surface area contributed by atoms with E-state index in [4.69, 9.17) is 5.11 Å². The van der Waals surface area contributed by atoms with Crippen molar-refractivity contribution in [2.24, 2.45) is 0 Å². The molecule has 1 aromatic carbocycles. The molecule has 0 radical (unpaired) electrons. The number of aromatic carboxylic acids is 1. The van der Waals surface area contributed by atoms with Crippen molar-refractivity contribution in [1.82, 2.24) is 0 Å². The van der Waals surface area contributed by atoms with E-state index in [1.807, 2.05) is 6.07 Å². The Kier molecular flexibility index (Phi) is 3.82. The second kappa shape index (κ2) is 5.36. The van der Waals surface area contributed by atoms with Crippen LogP contribution in [0.25, 0.3) is 10.4 Å². The van der Waals surface area contributed by atoms with Crippen LogP contribution >= 0.6 is 11.3 Å². The molecule has 0 aliphatic carbocycles. The molecule has 1 N–H and O–H groups in total. The highest BCUT2D eigenvalue weighted by Gasteiger charge is 2.13. The summed E-state index contributed by atoms with van der Waals surface area (Å²) in [5.74, 6) is -0.849. The summed E-state index contributed by atoms with van der Waals surface area (Å²) in [6.07, 6.45) is 1.92. The molecule has 0 unspecified atom stereocenters. The minimum absolute atomic E-state index is 0.401. The molecule has 0 saturated carbocycles. The maximum atomic E-state index is 11.0. The number of carbonyl (C=O) groups is 1. The van der Waals surface area contributed by atoms with Gasteiger partial charge in [-0.1, -0.05) is 32.0 Å². The molecule has 94 valence electrons. The number of carboxylic acids is 1. The number of thiophene rings is 1. The Morgan fingerprint density at radius 3 is 2.17 bits per heavy atom. The Morgan fingerprint density at radius 2 is 1.72 bits per heavy atom. The standard InChI is InChI=1S/C15H16O2S/c1-3-10-6-5-7-11(4-2)14(10)12-8-9-13(18-12)15(16)17/h5-9H,3-4H2,1-2H3,(H,16,17). The molecular formula is C15H16O2S. The zero-order chi connectivity index (χ0) is 13.1. The normalized spacial score (nSPS) is 10.6. The van der Waals surface area contributed by atoms with Crippen LogP contribution in [0.5, 0.6) is 0 Å². The summed E-state index contributed by atoms with van der Waals surface area (Å²) in [6.45, 7) is 4.26. The molecule has 0 aliphatic heterocycles. The van der Waals surface area contributed by atoms with E-state index >= 15 is 0 Å². The lowest BCUT2D eigenvalue weighted by atomic mass is 9.96. The highest BCUT2D eigenvalue weighted by molar-refractivity contribution is 7.17. The molecule has 1 aromatic heterocycles. The molecule has 0 bridgehead atoms. The predicted molar refractivity (Wildman–Crippen MR) is 75.5 cm³/mol. The summed E-state index contributed by atoms with van der Waals surface area (Å²) in [5.41, 5.74) is 3.79. The van der Waals surface area contributed by atoms with Gasteiger partial charge in [-0.15, -0.1) is 11.3 Å². The SMILES string of the molecule is CCc1cccc(CC)c1-c1ccc(C(=O)O)s1. The molecule has 0 fully saturated rings. The van der Waals surface area contributed by atoms with E-state index < -0.39 is 5.97 Å². The summed E-state index contributed by atoms with van der Waals surface area (Å²) >= 11 is 1.35. The van der Waals surface area contributed by atoms with Crippen LogP contribution in [0.4, 0.5) is 0 Å². The first kappa shape index (κ1) is 12.8. The molecule has 2 nitrogen and oxygen atoms in total. The third-order valence-electron chi connectivity index (χ3n) is 3.06. The van der Waals surface area contributed by atoms with Gasteiger partial charge in [-0.05, 0) is 41.7 Å². The molecule has 0 amide bonds. The fourth-order valence-corrected chi connectivity index (χ4v) is 3.11. The summed E-state index contributed by atoms with van der Waals surface area (Å²) in [7, 11) is 0. The van der Waals surface area contributed by atoms with E-state index in [0.29, 0.717) is 4.88 Å². The van der Waals surface area contributed by atoms with Crippen LogP contribution in [0.1, 0.15) is 34.6 Å². The van der Waals surface area contributed by atoms with Crippen molar-refractivity contribution in [1.29, 1.82) is 0 Å². The van der Waals surface area contributed by atoms with Crippen LogP contribution in [-0.2, 0) is 12.8 Å². The van der Waals surface area contributed by atoms with Gasteiger partial charge in [-0.25, -0.2) is 4.79 Å². The van der Waals surface area contributed by atoms with Crippen molar-refractivity contribution in [2.45, 2.75) is 26.7 Å². The van der Waals surface area contributed by atoms with Crippen LogP contribution in [0.15, 0.2) is 30.3 Å². The highest BCUT2D eigenvalue weighted by atomic mass is 32.1. The van der Waals surface area contributed by atoms with Crippen LogP contribution in [0, 0.1) is 0 Å². The summed E-state index contributed by atoms with van der Waals surface area (Å²) in [4.78, 5) is 12.4. The van der Waals surface area contributed by atoms with Crippen molar-refractivity contribution < 1.29 is 9.90 Å². The molecular weight excluding hydrogens is 244 g/mol. The Bertz CT molecular complexity index is 547. The minimum atomic E-state index is -0.849. The Balaban J connectivity index is 2.57. The number of benzene rings is 1. The van der Waals surface area contributed by atoms with Crippen molar-refractivity contribution in [3.05, 3.63) is 46.3 Å². The average Bonchev–Trinajstić information content (AvgIpc) is 2.87. The molecule has 2 aromatic rings. The smallest absolute Gasteiger partial charge is 0.345 e. The number of hydrogen-bond donors (Lipinski definition) is 1. The van der Waals surface area contributed by atoms with Crippen LogP contribution in [0.3, 0.4) is 0 Å². The summed E-state index contributed by atoms with van der Waals surface area (Å²) in [5, 5.41) is 9.01. The monoisotopic (exact) mass is 260 g/mol. The van der Waals surface area contributed by atoms with Crippen molar-refractivity contribution in [3.63, 3.8) is 0 Å². The van der Waals surface area contributed by atoms with Gasteiger partial charge >= 0.3 is 5.97 Å². The topological polar surface area (TPSA) is 37.3 Å². The Labute approximate surface area is 111 Å². The zero-order valence-corrected chi connectivity index (χ0v) is 11.4. The van der Waals surface area contributed by atoms with Gasteiger partial charge in [0.2, 0.25) is 0 Å². The van der Waals surface area contributed by atoms with Gasteiger partial charge in [0, 0.05) is 4.88 Å². The van der Waals surface area contributed by atoms with Crippen molar-refractivity contribution >= 4 is 17.3 Å². The largest absolute Gasteiger partial charge is 0.477 e. The molecule has 0 atom stereocenters.